The maximum Gasteiger partial charge on any atom is 0.221 e. The van der Waals surface area contributed by atoms with Crippen molar-refractivity contribution in [2.45, 2.75) is 32.2 Å². The highest BCUT2D eigenvalue weighted by Crippen LogP contribution is 2.29. The van der Waals surface area contributed by atoms with Crippen molar-refractivity contribution in [3.8, 4) is 0 Å². The van der Waals surface area contributed by atoms with Crippen molar-refractivity contribution in [1.29, 1.82) is 0 Å². The monoisotopic (exact) mass is 268 g/mol. The average molecular weight is 269 g/mol. The first-order chi connectivity index (χ1) is 8.08. The van der Waals surface area contributed by atoms with Gasteiger partial charge in [-0.1, -0.05) is 12.1 Å². The lowest BCUT2D eigenvalue weighted by molar-refractivity contribution is -0.114. The fraction of sp³-hybridized carbons (Fsp3) is 0.500. The fourth-order valence-corrected chi connectivity index (χ4v) is 2.54. The molecule has 1 amide bonds. The zero-order valence-electron chi connectivity index (χ0n) is 11.2. The van der Waals surface area contributed by atoms with Gasteiger partial charge in [0.05, 0.1) is 0 Å². The zero-order valence-corrected chi connectivity index (χ0v) is 12.0. The molecule has 18 heavy (non-hydrogen) atoms. The lowest BCUT2D eigenvalue weighted by atomic mass is 9.86. The number of likely N-dealkylation sites (N-methyl/N-ethyl adjacent to an activating group) is 1. The zero-order chi connectivity index (χ0) is 12.4. The van der Waals surface area contributed by atoms with Crippen LogP contribution in [-0.2, 0) is 17.6 Å². The number of nitrogens with zero attached hydrogens (tertiary/aromatic N) is 1. The van der Waals surface area contributed by atoms with Crippen LogP contribution in [0.3, 0.4) is 0 Å². The number of hydrogen-bond donors (Lipinski definition) is 1. The predicted molar refractivity (Wildman–Crippen MR) is 77.5 cm³/mol. The number of benzene rings is 1. The van der Waals surface area contributed by atoms with E-state index < -0.39 is 0 Å². The van der Waals surface area contributed by atoms with Gasteiger partial charge >= 0.3 is 0 Å². The number of halogens is 1. The van der Waals surface area contributed by atoms with Crippen LogP contribution in [0.15, 0.2) is 18.2 Å². The molecule has 1 aromatic rings. The highest BCUT2D eigenvalue weighted by molar-refractivity contribution is 5.89. The van der Waals surface area contributed by atoms with Crippen molar-refractivity contribution < 1.29 is 4.79 Å². The Morgan fingerprint density at radius 1 is 1.39 bits per heavy atom. The van der Waals surface area contributed by atoms with E-state index >= 15 is 0 Å². The second-order valence-corrected chi connectivity index (χ2v) is 4.98. The van der Waals surface area contributed by atoms with Crippen molar-refractivity contribution in [2.75, 3.05) is 19.4 Å². The van der Waals surface area contributed by atoms with Gasteiger partial charge in [0, 0.05) is 18.7 Å². The van der Waals surface area contributed by atoms with Crippen LogP contribution >= 0.6 is 12.4 Å². The van der Waals surface area contributed by atoms with E-state index in [-0.39, 0.29) is 18.3 Å². The van der Waals surface area contributed by atoms with Crippen LogP contribution in [0.1, 0.15) is 24.5 Å². The van der Waals surface area contributed by atoms with E-state index in [9.17, 15) is 4.79 Å². The molecule has 0 bridgehead atoms. The predicted octanol–water partition coefficient (Wildman–Crippen LogP) is 2.49. The van der Waals surface area contributed by atoms with Crippen molar-refractivity contribution in [1.82, 2.24) is 4.90 Å². The Bertz CT molecular complexity index is 432. The summed E-state index contributed by atoms with van der Waals surface area (Å²) in [5.74, 6) is 0.00753. The molecule has 1 N–H and O–H groups in total. The molecule has 0 heterocycles. The van der Waals surface area contributed by atoms with Crippen LogP contribution in [0.25, 0.3) is 0 Å². The second-order valence-electron chi connectivity index (χ2n) is 4.98. The van der Waals surface area contributed by atoms with Crippen molar-refractivity contribution in [2.24, 2.45) is 0 Å². The first-order valence-corrected chi connectivity index (χ1v) is 6.12. The molecule has 2 rings (SSSR count). The van der Waals surface area contributed by atoms with Gasteiger partial charge in [0.1, 0.15) is 0 Å². The molecule has 3 nitrogen and oxygen atoms in total. The molecule has 0 aromatic heterocycles. The topological polar surface area (TPSA) is 32.3 Å². The molecule has 0 fully saturated rings. The molecule has 1 unspecified atom stereocenters. The van der Waals surface area contributed by atoms with Gasteiger partial charge in [-0.15, -0.1) is 12.4 Å². The van der Waals surface area contributed by atoms with Crippen molar-refractivity contribution in [3.05, 3.63) is 29.3 Å². The van der Waals surface area contributed by atoms with Crippen LogP contribution < -0.4 is 5.32 Å². The summed E-state index contributed by atoms with van der Waals surface area (Å²) < 4.78 is 0. The molecule has 4 heteroatoms. The van der Waals surface area contributed by atoms with Gasteiger partial charge < -0.3 is 10.2 Å². The van der Waals surface area contributed by atoms with Crippen molar-refractivity contribution >= 4 is 24.0 Å². The minimum absolute atomic E-state index is 0. The normalized spacial score (nSPS) is 17.9. The lowest BCUT2D eigenvalue weighted by Gasteiger charge is -2.30. The Labute approximate surface area is 115 Å². The van der Waals surface area contributed by atoms with E-state index in [4.69, 9.17) is 0 Å². The highest BCUT2D eigenvalue weighted by atomic mass is 35.5. The number of rotatable bonds is 2. The number of nitrogens with one attached hydrogen (secondary N) is 1. The highest BCUT2D eigenvalue weighted by Gasteiger charge is 2.21. The third-order valence-electron chi connectivity index (χ3n) is 3.50. The van der Waals surface area contributed by atoms with Crippen LogP contribution in [-0.4, -0.2) is 30.9 Å². The van der Waals surface area contributed by atoms with E-state index in [1.807, 2.05) is 12.1 Å². The Kier molecular flexibility index (Phi) is 5.17. The van der Waals surface area contributed by atoms with E-state index in [0.717, 1.165) is 24.9 Å². The van der Waals surface area contributed by atoms with Gasteiger partial charge in [-0.05, 0) is 50.6 Å². The first kappa shape index (κ1) is 15.0. The Hall–Kier alpha value is -1.06. The minimum atomic E-state index is 0. The number of anilines is 1. The molecule has 0 aliphatic heterocycles. The third kappa shape index (κ3) is 3.24. The molecule has 0 radical (unpaired) electrons. The molecule has 0 saturated heterocycles. The molecule has 0 spiro atoms. The van der Waals surface area contributed by atoms with E-state index in [0.29, 0.717) is 6.04 Å². The molecule has 100 valence electrons. The van der Waals surface area contributed by atoms with E-state index in [2.05, 4.69) is 30.4 Å². The average Bonchev–Trinajstić information content (AvgIpc) is 2.28. The number of hydrogen-bond acceptors (Lipinski definition) is 2. The minimum Gasteiger partial charge on any atom is -0.326 e. The van der Waals surface area contributed by atoms with Gasteiger partial charge in [-0.3, -0.25) is 4.79 Å². The van der Waals surface area contributed by atoms with Crippen molar-refractivity contribution in [3.63, 3.8) is 0 Å². The Morgan fingerprint density at radius 2 is 2.11 bits per heavy atom. The number of carbonyl (C=O) groups is 1. The smallest absolute Gasteiger partial charge is 0.221 e. The Balaban J connectivity index is 0.00000162. The molecule has 0 saturated carbocycles. The molecule has 1 aliphatic carbocycles. The largest absolute Gasteiger partial charge is 0.326 e. The van der Waals surface area contributed by atoms with Crippen LogP contribution in [0.2, 0.25) is 0 Å². The molecular weight excluding hydrogens is 248 g/mol. The molecule has 1 atom stereocenters. The quantitative estimate of drug-likeness (QED) is 0.894. The summed E-state index contributed by atoms with van der Waals surface area (Å²) in [6.07, 6.45) is 3.29. The summed E-state index contributed by atoms with van der Waals surface area (Å²) in [6, 6.07) is 6.82. The summed E-state index contributed by atoms with van der Waals surface area (Å²) in [5, 5.41) is 2.92. The van der Waals surface area contributed by atoms with Gasteiger partial charge in [0.2, 0.25) is 5.91 Å². The third-order valence-corrected chi connectivity index (χ3v) is 3.50. The van der Waals surface area contributed by atoms with Crippen LogP contribution in [0.4, 0.5) is 5.69 Å². The Morgan fingerprint density at radius 3 is 2.72 bits per heavy atom. The second kappa shape index (κ2) is 6.21. The van der Waals surface area contributed by atoms with Gasteiger partial charge in [-0.25, -0.2) is 0 Å². The summed E-state index contributed by atoms with van der Waals surface area (Å²) in [6.45, 7) is 1.56. The molecule has 1 aromatic carbocycles. The summed E-state index contributed by atoms with van der Waals surface area (Å²) in [5.41, 5.74) is 3.69. The molecular formula is C14H21ClN2O. The standard InChI is InChI=1S/C14H20N2O.ClH/c1-10(17)15-14-6-4-5-11-9-12(16(2)3)7-8-13(11)14;/h4-6,12H,7-9H2,1-3H3,(H,15,17);1H. The summed E-state index contributed by atoms with van der Waals surface area (Å²) in [4.78, 5) is 13.4. The van der Waals surface area contributed by atoms with Gasteiger partial charge in [-0.2, -0.15) is 0 Å². The van der Waals surface area contributed by atoms with E-state index in [1.165, 1.54) is 11.1 Å². The number of fused-ring (bicyclic) bond motifs is 1. The van der Waals surface area contributed by atoms with Crippen LogP contribution in [0, 0.1) is 0 Å². The number of amides is 1. The van der Waals surface area contributed by atoms with Gasteiger partial charge in [0.25, 0.3) is 0 Å². The maximum absolute atomic E-state index is 11.2. The van der Waals surface area contributed by atoms with Gasteiger partial charge in [0.15, 0.2) is 0 Å². The fourth-order valence-electron chi connectivity index (χ4n) is 2.54. The lowest BCUT2D eigenvalue weighted by Crippen LogP contribution is -2.33. The summed E-state index contributed by atoms with van der Waals surface area (Å²) in [7, 11) is 4.26. The molecule has 1 aliphatic rings. The summed E-state index contributed by atoms with van der Waals surface area (Å²) >= 11 is 0. The van der Waals surface area contributed by atoms with E-state index in [1.54, 1.807) is 6.92 Å². The first-order valence-electron chi connectivity index (χ1n) is 6.12. The van der Waals surface area contributed by atoms with Crippen LogP contribution in [0.5, 0.6) is 0 Å². The SMILES string of the molecule is CC(=O)Nc1cccc2c1CCC(N(C)C)C2.Cl. The maximum atomic E-state index is 11.2. The number of carbonyl (C=O) groups excluding carboxylic acids is 1.